The fourth-order valence-electron chi connectivity index (χ4n) is 5.52. The largest absolute Gasteiger partial charge is 1.00 e. The number of carbonyl (C=O) groups excluding carboxylic acids is 2. The van der Waals surface area contributed by atoms with Gasteiger partial charge in [-0.2, -0.15) is 0 Å². The van der Waals surface area contributed by atoms with Gasteiger partial charge in [-0.05, 0) is 69.6 Å². The number of hydrogen-bond donors (Lipinski definition) is 0. The van der Waals surface area contributed by atoms with Crippen molar-refractivity contribution in [1.29, 1.82) is 0 Å². The van der Waals surface area contributed by atoms with Crippen LogP contribution in [0.3, 0.4) is 0 Å². The molecule has 1 aromatic carbocycles. The first kappa shape index (κ1) is 48.2. The number of benzene rings is 1. The van der Waals surface area contributed by atoms with Crippen molar-refractivity contribution < 1.29 is 83.4 Å². The quantitative estimate of drug-likeness (QED) is 0.0248. The number of hydrogen-bond acceptors (Lipinski definition) is 7. The summed E-state index contributed by atoms with van der Waals surface area (Å²) in [5, 5.41) is 0. The first-order valence-electron chi connectivity index (χ1n) is 19.0. The first-order valence-corrected chi connectivity index (χ1v) is 20.5. The predicted octanol–water partition coefficient (Wildman–Crippen LogP) is 8.42. The number of rotatable bonds is 31. The molecule has 9 heteroatoms. The van der Waals surface area contributed by atoms with Gasteiger partial charge in [0.1, 0.15) is 10.1 Å². The van der Waals surface area contributed by atoms with Gasteiger partial charge < -0.3 is 14.0 Å². The maximum absolute atomic E-state index is 12.9. The molecule has 274 valence electrons. The summed E-state index contributed by atoms with van der Waals surface area (Å²) in [6.07, 6.45) is 36.4. The molecule has 0 atom stereocenters. The summed E-state index contributed by atoms with van der Waals surface area (Å²) in [7, 11) is -4.81. The standard InChI is InChI=1S/C40H66O7S.K/c1-3-5-7-9-11-13-15-17-19-21-23-25-27-29-33-46-39(41)37-32-31-36(48(43,44)45)35-38(37)40(42)47-34-30-28-26-24-22-20-18-16-14-12-10-8-6-4-2;/h7-10,31-32,35H,3-6,11-30,33-34H2,1-2H3,(H,43,44,45);/q;+1/p-1/b9-7+,10-8+;. The topological polar surface area (TPSA) is 110 Å². The van der Waals surface area contributed by atoms with E-state index >= 15 is 0 Å². The molecule has 0 unspecified atom stereocenters. The molecule has 0 amide bonds. The molecule has 0 radical (unpaired) electrons. The third kappa shape index (κ3) is 26.6. The van der Waals surface area contributed by atoms with E-state index < -0.39 is 27.0 Å². The van der Waals surface area contributed by atoms with E-state index in [1.165, 1.54) is 103 Å². The molecule has 0 aliphatic rings. The van der Waals surface area contributed by atoms with Crippen molar-refractivity contribution in [2.24, 2.45) is 0 Å². The summed E-state index contributed by atoms with van der Waals surface area (Å²) >= 11 is 0. The summed E-state index contributed by atoms with van der Waals surface area (Å²) in [5.41, 5.74) is -0.347. The maximum Gasteiger partial charge on any atom is 1.00 e. The molecule has 49 heavy (non-hydrogen) atoms. The van der Waals surface area contributed by atoms with E-state index in [0.29, 0.717) is 12.8 Å². The van der Waals surface area contributed by atoms with E-state index in [0.717, 1.165) is 56.7 Å². The monoisotopic (exact) mass is 728 g/mol. The molecule has 0 bridgehead atoms. The van der Waals surface area contributed by atoms with Gasteiger partial charge in [0.05, 0.1) is 29.2 Å². The number of unbranched alkanes of at least 4 members (excludes halogenated alkanes) is 20. The van der Waals surface area contributed by atoms with E-state index in [9.17, 15) is 22.6 Å². The Morgan fingerprint density at radius 2 is 0.898 bits per heavy atom. The Kier molecular flexibility index (Phi) is 32.5. The van der Waals surface area contributed by atoms with Crippen LogP contribution in [0.25, 0.3) is 0 Å². The second-order valence-corrected chi connectivity index (χ2v) is 14.3. The van der Waals surface area contributed by atoms with Gasteiger partial charge in [0.2, 0.25) is 0 Å². The molecule has 0 heterocycles. The molecule has 0 saturated carbocycles. The van der Waals surface area contributed by atoms with Crippen LogP contribution in [0.1, 0.15) is 189 Å². The van der Waals surface area contributed by atoms with Gasteiger partial charge in [-0.25, -0.2) is 18.0 Å². The minimum Gasteiger partial charge on any atom is -0.744 e. The fraction of sp³-hybridized carbons (Fsp3) is 0.700. The summed E-state index contributed by atoms with van der Waals surface area (Å²) in [5.74, 6) is -1.56. The van der Waals surface area contributed by atoms with Gasteiger partial charge in [-0.3, -0.25) is 0 Å². The van der Waals surface area contributed by atoms with Gasteiger partial charge in [-0.15, -0.1) is 0 Å². The van der Waals surface area contributed by atoms with Crippen LogP contribution in [0.5, 0.6) is 0 Å². The van der Waals surface area contributed by atoms with E-state index in [2.05, 4.69) is 38.2 Å². The smallest absolute Gasteiger partial charge is 0.744 e. The number of carbonyl (C=O) groups is 2. The molecule has 0 aliphatic carbocycles. The minimum atomic E-state index is -4.81. The molecule has 1 rings (SSSR count). The SMILES string of the molecule is CCC/C=C/CCCCCCCCCCCOC(=O)c1ccc(S(=O)(=O)[O-])cc1C(=O)OCCCCCCCCCCC/C=C/CCC.[K+]. The van der Waals surface area contributed by atoms with Gasteiger partial charge in [0.15, 0.2) is 0 Å². The van der Waals surface area contributed by atoms with Crippen LogP contribution in [0.2, 0.25) is 0 Å². The molecular weight excluding hydrogens is 664 g/mol. The summed E-state index contributed by atoms with van der Waals surface area (Å²) in [6.45, 7) is 4.75. The summed E-state index contributed by atoms with van der Waals surface area (Å²) < 4.78 is 45.6. The first-order chi connectivity index (χ1) is 23.3. The Labute approximate surface area is 342 Å². The molecular formula is C40H65KO7S. The Morgan fingerprint density at radius 3 is 1.29 bits per heavy atom. The van der Waals surface area contributed by atoms with Crippen molar-refractivity contribution in [1.82, 2.24) is 0 Å². The van der Waals surface area contributed by atoms with Crippen molar-refractivity contribution in [3.05, 3.63) is 53.6 Å². The van der Waals surface area contributed by atoms with Crippen molar-refractivity contribution in [3.63, 3.8) is 0 Å². The average molecular weight is 729 g/mol. The van der Waals surface area contributed by atoms with Crippen LogP contribution in [-0.4, -0.2) is 38.1 Å². The molecule has 0 aliphatic heterocycles. The molecule has 7 nitrogen and oxygen atoms in total. The van der Waals surface area contributed by atoms with Gasteiger partial charge in [-0.1, -0.05) is 141 Å². The van der Waals surface area contributed by atoms with Crippen LogP contribution in [-0.2, 0) is 19.6 Å². The zero-order valence-electron chi connectivity index (χ0n) is 31.2. The van der Waals surface area contributed by atoms with Gasteiger partial charge in [0, 0.05) is 0 Å². The van der Waals surface area contributed by atoms with E-state index in [1.807, 2.05) is 0 Å². The van der Waals surface area contributed by atoms with Gasteiger partial charge in [0.25, 0.3) is 0 Å². The van der Waals surface area contributed by atoms with Crippen LogP contribution in [0.4, 0.5) is 0 Å². The third-order valence-corrected chi connectivity index (χ3v) is 9.29. The van der Waals surface area contributed by atoms with E-state index in [1.54, 1.807) is 0 Å². The Bertz CT molecular complexity index is 1150. The van der Waals surface area contributed by atoms with Crippen molar-refractivity contribution in [2.75, 3.05) is 13.2 Å². The van der Waals surface area contributed by atoms with Crippen molar-refractivity contribution >= 4 is 22.1 Å². The Balaban J connectivity index is 0.0000230. The Morgan fingerprint density at radius 1 is 0.551 bits per heavy atom. The number of esters is 2. The predicted molar refractivity (Wildman–Crippen MR) is 195 cm³/mol. The number of allylic oxidation sites excluding steroid dienone is 4. The molecule has 1 aromatic rings. The minimum absolute atomic E-state index is 0. The average Bonchev–Trinajstić information content (AvgIpc) is 3.07. The second kappa shape index (κ2) is 33.1. The normalized spacial score (nSPS) is 11.7. The summed E-state index contributed by atoms with van der Waals surface area (Å²) in [4.78, 5) is 25.1. The van der Waals surface area contributed by atoms with Crippen LogP contribution >= 0.6 is 0 Å². The fourth-order valence-corrected chi connectivity index (χ4v) is 6.02. The zero-order chi connectivity index (χ0) is 35.1. The van der Waals surface area contributed by atoms with E-state index in [-0.39, 0.29) is 75.7 Å². The van der Waals surface area contributed by atoms with Crippen LogP contribution < -0.4 is 51.4 Å². The molecule has 0 N–H and O–H groups in total. The third-order valence-electron chi connectivity index (χ3n) is 8.46. The van der Waals surface area contributed by atoms with Crippen molar-refractivity contribution in [2.45, 2.75) is 173 Å². The molecule has 0 saturated heterocycles. The maximum atomic E-state index is 12.9. The van der Waals surface area contributed by atoms with Gasteiger partial charge >= 0.3 is 63.3 Å². The molecule has 0 spiro atoms. The molecule has 0 fully saturated rings. The molecule has 0 aromatic heterocycles. The van der Waals surface area contributed by atoms with Crippen molar-refractivity contribution in [3.8, 4) is 0 Å². The van der Waals surface area contributed by atoms with Crippen LogP contribution in [0, 0.1) is 0 Å². The van der Waals surface area contributed by atoms with Crippen LogP contribution in [0.15, 0.2) is 47.4 Å². The zero-order valence-corrected chi connectivity index (χ0v) is 35.1. The summed E-state index contributed by atoms with van der Waals surface area (Å²) in [6, 6.07) is 3.11. The number of ether oxygens (including phenoxy) is 2. The van der Waals surface area contributed by atoms with E-state index in [4.69, 9.17) is 9.47 Å². The Hall–Kier alpha value is -0.814. The second-order valence-electron chi connectivity index (χ2n) is 12.9.